The molecule has 176 valence electrons. The van der Waals surface area contributed by atoms with Crippen molar-refractivity contribution in [3.63, 3.8) is 0 Å². The lowest BCUT2D eigenvalue weighted by Gasteiger charge is -2.19. The zero-order valence-electron chi connectivity index (χ0n) is 19.4. The smallest absolute Gasteiger partial charge is 0.407 e. The number of rotatable bonds is 11. The predicted molar refractivity (Wildman–Crippen MR) is 139 cm³/mol. The topological polar surface area (TPSA) is 101 Å². The van der Waals surface area contributed by atoms with Gasteiger partial charge in [0.25, 0.3) is 0 Å². The maximum atomic E-state index is 11.6. The van der Waals surface area contributed by atoms with Crippen LogP contribution in [0.5, 0.6) is 0 Å². The van der Waals surface area contributed by atoms with Crippen molar-refractivity contribution in [3.8, 4) is 6.07 Å². The van der Waals surface area contributed by atoms with Gasteiger partial charge in [-0.25, -0.2) is 9.25 Å². The first-order valence-electron chi connectivity index (χ1n) is 10.7. The maximum Gasteiger partial charge on any atom is 0.407 e. The maximum absolute atomic E-state index is 11.6. The summed E-state index contributed by atoms with van der Waals surface area (Å²) < 4.78 is 12.9. The summed E-state index contributed by atoms with van der Waals surface area (Å²) in [6, 6.07) is 6.48. The van der Waals surface area contributed by atoms with Crippen LogP contribution in [-0.4, -0.2) is 47.5 Å². The van der Waals surface area contributed by atoms with Crippen molar-refractivity contribution in [1.82, 2.24) is 14.9 Å². The molecule has 0 radical (unpaired) electrons. The van der Waals surface area contributed by atoms with Gasteiger partial charge < -0.3 is 20.1 Å². The van der Waals surface area contributed by atoms with E-state index in [9.17, 15) is 10.1 Å². The number of carbonyl (C=O) groups is 1. The van der Waals surface area contributed by atoms with Gasteiger partial charge in [-0.05, 0) is 87.2 Å². The van der Waals surface area contributed by atoms with Crippen molar-refractivity contribution >= 4 is 51.1 Å². The first-order chi connectivity index (χ1) is 15.1. The quantitative estimate of drug-likeness (QED) is 0.213. The summed E-state index contributed by atoms with van der Waals surface area (Å²) in [6.45, 7) is 11.8. The van der Waals surface area contributed by atoms with E-state index in [2.05, 4.69) is 49.9 Å². The number of nitriles is 1. The van der Waals surface area contributed by atoms with Crippen molar-refractivity contribution in [2.24, 2.45) is 0 Å². The predicted octanol–water partition coefficient (Wildman–Crippen LogP) is 5.36. The Kier molecular flexibility index (Phi) is 9.99. The van der Waals surface area contributed by atoms with Crippen molar-refractivity contribution in [2.75, 3.05) is 31.6 Å². The molecule has 8 nitrogen and oxygen atoms in total. The van der Waals surface area contributed by atoms with Crippen molar-refractivity contribution < 1.29 is 14.3 Å². The molecule has 32 heavy (non-hydrogen) atoms. The Morgan fingerprint density at radius 3 is 2.62 bits per heavy atom. The highest BCUT2D eigenvalue weighted by Crippen LogP contribution is 2.35. The van der Waals surface area contributed by atoms with Gasteiger partial charge in [-0.1, -0.05) is 0 Å². The number of halogens is 1. The third-order valence-electron chi connectivity index (χ3n) is 4.72. The van der Waals surface area contributed by atoms with Gasteiger partial charge in [0.15, 0.2) is 0 Å². The number of hydrogen-bond acceptors (Lipinski definition) is 6. The molecule has 10 heteroatoms. The molecule has 1 aromatic carbocycles. The van der Waals surface area contributed by atoms with Gasteiger partial charge in [0, 0.05) is 30.8 Å². The Bertz CT molecular complexity index is 949. The molecule has 2 N–H and O–H groups in total. The highest BCUT2D eigenvalue weighted by molar-refractivity contribution is 14.2. The van der Waals surface area contributed by atoms with Gasteiger partial charge in [-0.2, -0.15) is 10.4 Å². The fourth-order valence-corrected chi connectivity index (χ4v) is 4.49. The molecule has 0 aliphatic carbocycles. The van der Waals surface area contributed by atoms with Crippen molar-refractivity contribution in [1.29, 1.82) is 5.26 Å². The van der Waals surface area contributed by atoms with E-state index >= 15 is 0 Å². The van der Waals surface area contributed by atoms with Crippen LogP contribution in [0.25, 0.3) is 10.9 Å². The van der Waals surface area contributed by atoms with Crippen LogP contribution in [0.1, 0.15) is 53.0 Å². The van der Waals surface area contributed by atoms with E-state index in [4.69, 9.17) is 9.47 Å². The first-order valence-corrected chi connectivity index (χ1v) is 14.7. The molecule has 0 spiro atoms. The van der Waals surface area contributed by atoms with E-state index in [1.807, 2.05) is 51.3 Å². The van der Waals surface area contributed by atoms with Crippen LogP contribution in [0.15, 0.2) is 18.3 Å². The standard InChI is InChI=1S/C22H33IN5O3P/c1-21(2,3)31-20(29)26-8-6-7-10-30-11-9-25-18-12-16(22(4,5)15-24)13-19-17(18)14-27-28(19)32-23/h12-14,25,32H,6-11H2,1-5H3,(H,26,29). The molecule has 1 heterocycles. The molecule has 1 amide bonds. The van der Waals surface area contributed by atoms with Gasteiger partial charge in [-0.3, -0.25) is 0 Å². The normalized spacial score (nSPS) is 12.3. The van der Waals surface area contributed by atoms with E-state index in [1.165, 1.54) is 0 Å². The lowest BCUT2D eigenvalue weighted by atomic mass is 9.85. The van der Waals surface area contributed by atoms with Gasteiger partial charge in [-0.15, -0.1) is 0 Å². The van der Waals surface area contributed by atoms with Crippen LogP contribution in [-0.2, 0) is 14.9 Å². The third-order valence-corrected chi connectivity index (χ3v) is 6.60. The Labute approximate surface area is 205 Å². The molecule has 0 saturated heterocycles. The van der Waals surface area contributed by atoms with Gasteiger partial charge >= 0.3 is 6.09 Å². The Hall–Kier alpha value is -1.63. The number of alkyl carbamates (subject to hydrolysis) is 1. The minimum absolute atomic E-state index is 0.387. The average molecular weight is 573 g/mol. The number of ether oxygens (including phenoxy) is 2. The third kappa shape index (κ3) is 8.05. The molecule has 0 saturated carbocycles. The second-order valence-corrected chi connectivity index (χ2v) is 11.0. The molecule has 0 fully saturated rings. The number of carbonyl (C=O) groups excluding carboxylic acids is 1. The zero-order valence-corrected chi connectivity index (χ0v) is 22.6. The Balaban J connectivity index is 1.79. The molecule has 2 rings (SSSR count). The summed E-state index contributed by atoms with van der Waals surface area (Å²) in [6.07, 6.45) is 3.65. The second-order valence-electron chi connectivity index (χ2n) is 9.01. The molecular weight excluding hydrogens is 540 g/mol. The SMILES string of the molecule is CC(C)(C)OC(=O)NCCCCOCCNc1cc(C(C)(C)C#N)cc2c1cnn2PI. The number of nitrogens with one attached hydrogen (secondary N) is 2. The molecule has 1 atom stereocenters. The summed E-state index contributed by atoms with van der Waals surface area (Å²) in [5.74, 6) is 0. The van der Waals surface area contributed by atoms with Crippen LogP contribution in [0.4, 0.5) is 10.5 Å². The molecule has 1 unspecified atom stereocenters. The van der Waals surface area contributed by atoms with Crippen LogP contribution < -0.4 is 10.6 Å². The Morgan fingerprint density at radius 1 is 1.22 bits per heavy atom. The van der Waals surface area contributed by atoms with E-state index in [1.54, 1.807) is 0 Å². The number of hydrogen-bond donors (Lipinski definition) is 2. The second kappa shape index (κ2) is 12.0. The summed E-state index contributed by atoms with van der Waals surface area (Å²) in [5.41, 5.74) is 1.89. The summed E-state index contributed by atoms with van der Waals surface area (Å²) in [7, 11) is 0. The minimum atomic E-state index is -0.585. The molecule has 0 aliphatic heterocycles. The summed E-state index contributed by atoms with van der Waals surface area (Å²) in [5, 5.41) is 21.3. The average Bonchev–Trinajstić information content (AvgIpc) is 3.14. The largest absolute Gasteiger partial charge is 0.444 e. The molecule has 0 bridgehead atoms. The number of nitrogens with zero attached hydrogens (tertiary/aromatic N) is 3. The summed E-state index contributed by atoms with van der Waals surface area (Å²) >= 11 is 2.31. The summed E-state index contributed by atoms with van der Waals surface area (Å²) in [4.78, 5) is 11.6. The molecular formula is C22H33IN5O3P. The number of aromatic nitrogens is 2. The zero-order chi connectivity index (χ0) is 23.8. The number of amides is 1. The number of benzene rings is 1. The van der Waals surface area contributed by atoms with Gasteiger partial charge in [0.2, 0.25) is 0 Å². The molecule has 0 aliphatic rings. The number of fused-ring (bicyclic) bond motifs is 1. The fraction of sp³-hybridized carbons (Fsp3) is 0.591. The van der Waals surface area contributed by atoms with E-state index in [0.717, 1.165) is 35.0 Å². The minimum Gasteiger partial charge on any atom is -0.444 e. The van der Waals surface area contributed by atoms with Crippen LogP contribution in [0.3, 0.4) is 0 Å². The first kappa shape index (κ1) is 26.6. The van der Waals surface area contributed by atoms with Gasteiger partial charge in [0.1, 0.15) is 5.60 Å². The molecule has 2 aromatic rings. The Morgan fingerprint density at radius 2 is 1.97 bits per heavy atom. The monoisotopic (exact) mass is 573 g/mol. The van der Waals surface area contributed by atoms with Crippen LogP contribution in [0.2, 0.25) is 0 Å². The lowest BCUT2D eigenvalue weighted by Crippen LogP contribution is -2.33. The van der Waals surface area contributed by atoms with Crippen LogP contribution in [0, 0.1) is 11.3 Å². The van der Waals surface area contributed by atoms with Crippen LogP contribution >= 0.6 is 28.4 Å². The van der Waals surface area contributed by atoms with E-state index in [-0.39, 0.29) is 6.09 Å². The molecule has 1 aromatic heterocycles. The van der Waals surface area contributed by atoms with Crippen molar-refractivity contribution in [2.45, 2.75) is 58.5 Å². The number of anilines is 1. The van der Waals surface area contributed by atoms with Gasteiger partial charge in [0.05, 0.1) is 36.2 Å². The highest BCUT2D eigenvalue weighted by Gasteiger charge is 2.22. The van der Waals surface area contributed by atoms with E-state index in [0.29, 0.717) is 32.7 Å². The lowest BCUT2D eigenvalue weighted by molar-refractivity contribution is 0.0524. The van der Waals surface area contributed by atoms with Crippen molar-refractivity contribution in [3.05, 3.63) is 23.9 Å². The highest BCUT2D eigenvalue weighted by atomic mass is 127. The number of unbranched alkanes of at least 4 members (excludes halogenated alkanes) is 1. The fourth-order valence-electron chi connectivity index (χ4n) is 2.96. The van der Waals surface area contributed by atoms with E-state index < -0.39 is 11.0 Å².